The fourth-order valence-electron chi connectivity index (χ4n) is 2.94. The first-order valence-electron chi connectivity index (χ1n) is 9.76. The summed E-state index contributed by atoms with van der Waals surface area (Å²) in [5, 5.41) is 2.83. The van der Waals surface area contributed by atoms with E-state index in [1.165, 1.54) is 5.56 Å². The monoisotopic (exact) mass is 398 g/mol. The molecule has 0 saturated heterocycles. The van der Waals surface area contributed by atoms with Crippen LogP contribution in [0.4, 0.5) is 0 Å². The molecule has 0 aliphatic rings. The van der Waals surface area contributed by atoms with Crippen molar-refractivity contribution in [2.75, 3.05) is 12.3 Å². The van der Waals surface area contributed by atoms with Crippen molar-refractivity contribution >= 4 is 23.6 Å². The van der Waals surface area contributed by atoms with E-state index in [2.05, 4.69) is 17.4 Å². The maximum Gasteiger partial charge on any atom is 0.242 e. The molecule has 2 aromatic carbocycles. The van der Waals surface area contributed by atoms with Gasteiger partial charge in [-0.05, 0) is 37.5 Å². The van der Waals surface area contributed by atoms with Crippen molar-refractivity contribution in [2.24, 2.45) is 0 Å². The summed E-state index contributed by atoms with van der Waals surface area (Å²) in [6.07, 6.45) is 0.424. The summed E-state index contributed by atoms with van der Waals surface area (Å²) in [4.78, 5) is 27.0. The van der Waals surface area contributed by atoms with E-state index in [-0.39, 0.29) is 11.8 Å². The topological polar surface area (TPSA) is 49.4 Å². The molecule has 1 N–H and O–H groups in total. The number of carbonyl (C=O) groups excluding carboxylic acids is 2. The molecule has 2 amide bonds. The van der Waals surface area contributed by atoms with Gasteiger partial charge in [0.25, 0.3) is 0 Å². The average molecular weight is 399 g/mol. The zero-order valence-corrected chi connectivity index (χ0v) is 17.8. The molecule has 5 heteroatoms. The summed E-state index contributed by atoms with van der Waals surface area (Å²) < 4.78 is 0. The van der Waals surface area contributed by atoms with Crippen LogP contribution in [0.15, 0.2) is 54.6 Å². The van der Waals surface area contributed by atoms with Crippen LogP contribution < -0.4 is 5.32 Å². The Morgan fingerprint density at radius 2 is 1.75 bits per heavy atom. The number of thioether (sulfide) groups is 1. The van der Waals surface area contributed by atoms with Crippen molar-refractivity contribution in [3.63, 3.8) is 0 Å². The number of hydrogen-bond donors (Lipinski definition) is 1. The van der Waals surface area contributed by atoms with Crippen molar-refractivity contribution in [3.05, 3.63) is 71.3 Å². The molecule has 0 heterocycles. The minimum atomic E-state index is -0.494. The highest BCUT2D eigenvalue weighted by Crippen LogP contribution is 2.17. The molecule has 1 atom stereocenters. The molecule has 0 radical (unpaired) electrons. The Labute approximate surface area is 172 Å². The van der Waals surface area contributed by atoms with E-state index in [9.17, 15) is 9.59 Å². The zero-order chi connectivity index (χ0) is 20.4. The molecule has 0 unspecified atom stereocenters. The Kier molecular flexibility index (Phi) is 9.08. The van der Waals surface area contributed by atoms with Crippen LogP contribution in [0.1, 0.15) is 37.0 Å². The van der Waals surface area contributed by atoms with Gasteiger partial charge in [0.1, 0.15) is 6.04 Å². The van der Waals surface area contributed by atoms with Crippen molar-refractivity contribution in [2.45, 2.75) is 45.5 Å². The molecule has 0 fully saturated rings. The number of nitrogens with one attached hydrogen (secondary N) is 1. The molecule has 28 heavy (non-hydrogen) atoms. The van der Waals surface area contributed by atoms with E-state index >= 15 is 0 Å². The van der Waals surface area contributed by atoms with Crippen molar-refractivity contribution < 1.29 is 9.59 Å². The molecule has 0 aliphatic heterocycles. The SMILES string of the molecule is CCNC(=O)[C@@H](C)N(Cc1ccccc1C)C(=O)CCSCc1ccccc1. The fraction of sp³-hybridized carbons (Fsp3) is 0.391. The number of likely N-dealkylation sites (N-methyl/N-ethyl adjacent to an activating group) is 1. The van der Waals surface area contributed by atoms with E-state index in [4.69, 9.17) is 0 Å². The lowest BCUT2D eigenvalue weighted by molar-refractivity contribution is -0.140. The molecule has 2 rings (SSSR count). The van der Waals surface area contributed by atoms with Crippen LogP contribution >= 0.6 is 11.8 Å². The molecule has 150 valence electrons. The summed E-state index contributed by atoms with van der Waals surface area (Å²) in [6, 6.07) is 17.8. The second-order valence-corrected chi connectivity index (χ2v) is 7.91. The van der Waals surface area contributed by atoms with Gasteiger partial charge in [-0.2, -0.15) is 11.8 Å². The Morgan fingerprint density at radius 3 is 2.43 bits per heavy atom. The zero-order valence-electron chi connectivity index (χ0n) is 17.0. The van der Waals surface area contributed by atoms with Crippen LogP contribution in [0.3, 0.4) is 0 Å². The number of carbonyl (C=O) groups is 2. The first-order valence-corrected chi connectivity index (χ1v) is 10.9. The van der Waals surface area contributed by atoms with Gasteiger partial charge in [-0.25, -0.2) is 0 Å². The number of rotatable bonds is 10. The smallest absolute Gasteiger partial charge is 0.242 e. The normalized spacial score (nSPS) is 11.7. The van der Waals surface area contributed by atoms with Crippen LogP contribution in [-0.2, 0) is 21.9 Å². The highest BCUT2D eigenvalue weighted by atomic mass is 32.2. The van der Waals surface area contributed by atoms with E-state index < -0.39 is 6.04 Å². The summed E-state index contributed by atoms with van der Waals surface area (Å²) in [7, 11) is 0. The van der Waals surface area contributed by atoms with Crippen LogP contribution in [0.5, 0.6) is 0 Å². The summed E-state index contributed by atoms with van der Waals surface area (Å²) >= 11 is 1.74. The van der Waals surface area contributed by atoms with Gasteiger partial charge in [-0.3, -0.25) is 9.59 Å². The summed E-state index contributed by atoms with van der Waals surface area (Å²) in [6.45, 7) is 6.73. The lowest BCUT2D eigenvalue weighted by Gasteiger charge is -2.29. The number of aryl methyl sites for hydroxylation is 1. The van der Waals surface area contributed by atoms with Gasteiger partial charge in [0.2, 0.25) is 11.8 Å². The number of hydrogen-bond acceptors (Lipinski definition) is 3. The van der Waals surface area contributed by atoms with E-state index in [0.717, 1.165) is 22.6 Å². The lowest BCUT2D eigenvalue weighted by atomic mass is 10.1. The van der Waals surface area contributed by atoms with Gasteiger partial charge in [0, 0.05) is 31.0 Å². The minimum absolute atomic E-state index is 0.0163. The highest BCUT2D eigenvalue weighted by Gasteiger charge is 2.25. The van der Waals surface area contributed by atoms with Crippen molar-refractivity contribution in [1.29, 1.82) is 0 Å². The molecule has 0 bridgehead atoms. The molecule has 4 nitrogen and oxygen atoms in total. The van der Waals surface area contributed by atoms with Crippen LogP contribution in [-0.4, -0.2) is 35.1 Å². The minimum Gasteiger partial charge on any atom is -0.355 e. The maximum absolute atomic E-state index is 13.0. The number of amides is 2. The fourth-order valence-corrected chi connectivity index (χ4v) is 3.83. The Bertz CT molecular complexity index is 764. The lowest BCUT2D eigenvalue weighted by Crippen LogP contribution is -2.47. The van der Waals surface area contributed by atoms with Crippen LogP contribution in [0, 0.1) is 6.92 Å². The third kappa shape index (κ3) is 6.71. The maximum atomic E-state index is 13.0. The second-order valence-electron chi connectivity index (χ2n) is 6.81. The Morgan fingerprint density at radius 1 is 1.07 bits per heavy atom. The number of nitrogens with zero attached hydrogens (tertiary/aromatic N) is 1. The van der Waals surface area contributed by atoms with Crippen molar-refractivity contribution in [3.8, 4) is 0 Å². The molecular formula is C23H30N2O2S. The molecular weight excluding hydrogens is 368 g/mol. The predicted molar refractivity (Wildman–Crippen MR) is 117 cm³/mol. The highest BCUT2D eigenvalue weighted by molar-refractivity contribution is 7.98. The third-order valence-corrected chi connectivity index (χ3v) is 5.72. The van der Waals surface area contributed by atoms with Crippen LogP contribution in [0.25, 0.3) is 0 Å². The van der Waals surface area contributed by atoms with Gasteiger partial charge in [-0.1, -0.05) is 54.6 Å². The summed E-state index contributed by atoms with van der Waals surface area (Å²) in [5.74, 6) is 1.53. The molecule has 0 aliphatic carbocycles. The van der Waals surface area contributed by atoms with Gasteiger partial charge < -0.3 is 10.2 Å². The van der Waals surface area contributed by atoms with E-state index in [1.54, 1.807) is 23.6 Å². The van der Waals surface area contributed by atoms with Gasteiger partial charge >= 0.3 is 0 Å². The predicted octanol–water partition coefficient (Wildman–Crippen LogP) is 4.17. The second kappa shape index (κ2) is 11.5. The van der Waals surface area contributed by atoms with Gasteiger partial charge in [-0.15, -0.1) is 0 Å². The standard InChI is InChI=1S/C23H30N2O2S/c1-4-24-23(27)19(3)25(16-21-13-9-8-10-18(21)2)22(26)14-15-28-17-20-11-6-5-7-12-20/h5-13,19H,4,14-17H2,1-3H3,(H,24,27)/t19-/m1/s1. The quantitative estimate of drug-likeness (QED) is 0.611. The van der Waals surface area contributed by atoms with E-state index in [1.807, 2.05) is 56.3 Å². The van der Waals surface area contributed by atoms with E-state index in [0.29, 0.717) is 19.5 Å². The van der Waals surface area contributed by atoms with Crippen LogP contribution in [0.2, 0.25) is 0 Å². The Balaban J connectivity index is 1.99. The van der Waals surface area contributed by atoms with Gasteiger partial charge in [0.15, 0.2) is 0 Å². The molecule has 0 saturated carbocycles. The molecule has 2 aromatic rings. The van der Waals surface area contributed by atoms with Crippen molar-refractivity contribution in [1.82, 2.24) is 10.2 Å². The molecule has 0 spiro atoms. The first kappa shape index (κ1) is 22.0. The Hall–Kier alpha value is -2.27. The van der Waals surface area contributed by atoms with Gasteiger partial charge in [0.05, 0.1) is 0 Å². The largest absolute Gasteiger partial charge is 0.355 e. The average Bonchev–Trinajstić information content (AvgIpc) is 2.71. The first-order chi connectivity index (χ1) is 13.5. The number of benzene rings is 2. The third-order valence-electron chi connectivity index (χ3n) is 4.69. The summed E-state index contributed by atoms with van der Waals surface area (Å²) in [5.41, 5.74) is 3.46. The molecule has 0 aromatic heterocycles.